The number of benzene rings is 2. The Kier molecular flexibility index (Phi) is 9.73. The lowest BCUT2D eigenvalue weighted by molar-refractivity contribution is -0.138. The van der Waals surface area contributed by atoms with Gasteiger partial charge in [0.15, 0.2) is 0 Å². The molecule has 2 unspecified atom stereocenters. The third-order valence-corrected chi connectivity index (χ3v) is 6.25. The lowest BCUT2D eigenvalue weighted by Gasteiger charge is -2.29. The number of hydrogen-bond donors (Lipinski definition) is 1. The zero-order chi connectivity index (χ0) is 22.1. The summed E-state index contributed by atoms with van der Waals surface area (Å²) in [5.74, 6) is 0.877. The molecular formula is C24H31ClN2O2S. The van der Waals surface area contributed by atoms with E-state index >= 15 is 0 Å². The van der Waals surface area contributed by atoms with Crippen molar-refractivity contribution in [1.82, 2.24) is 10.2 Å². The summed E-state index contributed by atoms with van der Waals surface area (Å²) in [4.78, 5) is 27.4. The molecule has 162 valence electrons. The lowest BCUT2D eigenvalue weighted by Crippen LogP contribution is -2.50. The summed E-state index contributed by atoms with van der Waals surface area (Å²) in [5, 5.41) is 3.60. The fourth-order valence-electron chi connectivity index (χ4n) is 2.90. The van der Waals surface area contributed by atoms with E-state index in [9.17, 15) is 9.59 Å². The quantitative estimate of drug-likeness (QED) is 0.544. The monoisotopic (exact) mass is 446 g/mol. The molecule has 1 N–H and O–H groups in total. The van der Waals surface area contributed by atoms with Gasteiger partial charge in [0, 0.05) is 23.4 Å². The molecule has 2 aromatic rings. The number of halogens is 1. The Bertz CT molecular complexity index is 841. The Balaban J connectivity index is 2.07. The molecule has 0 saturated heterocycles. The van der Waals surface area contributed by atoms with Crippen LogP contribution in [0.15, 0.2) is 48.5 Å². The van der Waals surface area contributed by atoms with Gasteiger partial charge in [0.2, 0.25) is 11.8 Å². The van der Waals surface area contributed by atoms with Crippen LogP contribution >= 0.6 is 23.4 Å². The molecule has 0 aromatic heterocycles. The summed E-state index contributed by atoms with van der Waals surface area (Å²) in [6.07, 6.45) is 0.840. The van der Waals surface area contributed by atoms with Gasteiger partial charge in [-0.15, -0.1) is 11.8 Å². The molecule has 30 heavy (non-hydrogen) atoms. The fourth-order valence-corrected chi connectivity index (χ4v) is 3.99. The predicted octanol–water partition coefficient (Wildman–Crippen LogP) is 5.21. The van der Waals surface area contributed by atoms with E-state index in [0.29, 0.717) is 17.3 Å². The normalized spacial score (nSPS) is 12.8. The van der Waals surface area contributed by atoms with Crippen molar-refractivity contribution in [3.05, 3.63) is 70.2 Å². The molecule has 2 amide bonds. The van der Waals surface area contributed by atoms with Crippen LogP contribution in [-0.4, -0.2) is 34.6 Å². The smallest absolute Gasteiger partial charge is 0.242 e. The maximum Gasteiger partial charge on any atom is 0.242 e. The summed E-state index contributed by atoms with van der Waals surface area (Å²) < 4.78 is 0. The van der Waals surface area contributed by atoms with Crippen LogP contribution in [0.2, 0.25) is 5.02 Å². The molecule has 6 heteroatoms. The van der Waals surface area contributed by atoms with E-state index in [1.807, 2.05) is 32.0 Å². The van der Waals surface area contributed by atoms with Gasteiger partial charge in [-0.1, -0.05) is 60.5 Å². The van der Waals surface area contributed by atoms with Gasteiger partial charge in [-0.05, 0) is 50.5 Å². The molecule has 0 radical (unpaired) electrons. The summed E-state index contributed by atoms with van der Waals surface area (Å²) >= 11 is 7.67. The summed E-state index contributed by atoms with van der Waals surface area (Å²) in [6, 6.07) is 15.2. The topological polar surface area (TPSA) is 49.4 Å². The van der Waals surface area contributed by atoms with Crippen LogP contribution in [0.3, 0.4) is 0 Å². The van der Waals surface area contributed by atoms with Gasteiger partial charge in [-0.3, -0.25) is 9.59 Å². The van der Waals surface area contributed by atoms with Crippen molar-refractivity contribution in [3.63, 3.8) is 0 Å². The molecule has 2 aromatic carbocycles. The van der Waals surface area contributed by atoms with Crippen molar-refractivity contribution in [3.8, 4) is 0 Å². The van der Waals surface area contributed by atoms with Crippen LogP contribution in [0, 0.1) is 6.92 Å². The highest BCUT2D eigenvalue weighted by atomic mass is 35.5. The van der Waals surface area contributed by atoms with E-state index in [1.165, 1.54) is 11.1 Å². The lowest BCUT2D eigenvalue weighted by atomic mass is 10.1. The average Bonchev–Trinajstić information content (AvgIpc) is 2.72. The Labute approximate surface area is 189 Å². The largest absolute Gasteiger partial charge is 0.352 e. The van der Waals surface area contributed by atoms with Crippen LogP contribution in [0.25, 0.3) is 0 Å². The van der Waals surface area contributed by atoms with E-state index in [4.69, 9.17) is 11.6 Å². The summed E-state index contributed by atoms with van der Waals surface area (Å²) in [6.45, 7) is 8.17. The number of carbonyl (C=O) groups is 2. The number of amides is 2. The standard InChI is InChI=1S/C24H31ClN2O2S/c1-5-18(3)26-24(29)19(4)27(14-21-7-6-8-22(25)13-21)23(28)16-30-15-20-11-9-17(2)10-12-20/h6-13,18-19H,5,14-16H2,1-4H3,(H,26,29). The predicted molar refractivity (Wildman–Crippen MR) is 127 cm³/mol. The Morgan fingerprint density at radius 2 is 1.80 bits per heavy atom. The number of hydrogen-bond acceptors (Lipinski definition) is 3. The molecule has 0 aliphatic heterocycles. The van der Waals surface area contributed by atoms with Crippen molar-refractivity contribution in [2.45, 2.75) is 58.5 Å². The van der Waals surface area contributed by atoms with Gasteiger partial charge < -0.3 is 10.2 Å². The van der Waals surface area contributed by atoms with Crippen molar-refractivity contribution in [2.24, 2.45) is 0 Å². The van der Waals surface area contributed by atoms with Crippen LogP contribution in [0.1, 0.15) is 43.9 Å². The molecule has 2 rings (SSSR count). The summed E-state index contributed by atoms with van der Waals surface area (Å²) in [5.41, 5.74) is 3.30. The van der Waals surface area contributed by atoms with E-state index < -0.39 is 6.04 Å². The number of carbonyl (C=O) groups excluding carboxylic acids is 2. The van der Waals surface area contributed by atoms with Crippen molar-refractivity contribution in [1.29, 1.82) is 0 Å². The van der Waals surface area contributed by atoms with Gasteiger partial charge in [-0.2, -0.15) is 0 Å². The van der Waals surface area contributed by atoms with Crippen LogP contribution in [-0.2, 0) is 21.9 Å². The number of aryl methyl sites for hydroxylation is 1. The SMILES string of the molecule is CCC(C)NC(=O)C(C)N(Cc1cccc(Cl)c1)C(=O)CSCc1ccc(C)cc1. The molecule has 0 aliphatic carbocycles. The second-order valence-corrected chi connectivity index (χ2v) is 9.05. The highest BCUT2D eigenvalue weighted by Gasteiger charge is 2.26. The van der Waals surface area contributed by atoms with Gasteiger partial charge >= 0.3 is 0 Å². The van der Waals surface area contributed by atoms with E-state index in [2.05, 4.69) is 36.5 Å². The van der Waals surface area contributed by atoms with Crippen molar-refractivity contribution < 1.29 is 9.59 Å². The second kappa shape index (κ2) is 12.0. The molecule has 0 aliphatic rings. The highest BCUT2D eigenvalue weighted by Crippen LogP contribution is 2.18. The second-order valence-electron chi connectivity index (χ2n) is 7.62. The van der Waals surface area contributed by atoms with Crippen LogP contribution < -0.4 is 5.32 Å². The van der Waals surface area contributed by atoms with Gasteiger partial charge in [0.25, 0.3) is 0 Å². The maximum atomic E-state index is 13.1. The molecule has 0 heterocycles. The summed E-state index contributed by atoms with van der Waals surface area (Å²) in [7, 11) is 0. The molecule has 0 fully saturated rings. The Morgan fingerprint density at radius 3 is 2.43 bits per heavy atom. The minimum atomic E-state index is -0.564. The number of nitrogens with one attached hydrogen (secondary N) is 1. The van der Waals surface area contributed by atoms with Gasteiger partial charge in [-0.25, -0.2) is 0 Å². The third-order valence-electron chi connectivity index (χ3n) is 5.03. The first-order valence-electron chi connectivity index (χ1n) is 10.3. The average molecular weight is 447 g/mol. The molecule has 0 saturated carbocycles. The minimum Gasteiger partial charge on any atom is -0.352 e. The van der Waals surface area contributed by atoms with Gasteiger partial charge in [0.1, 0.15) is 6.04 Å². The molecule has 0 bridgehead atoms. The van der Waals surface area contributed by atoms with E-state index in [-0.39, 0.29) is 17.9 Å². The Hall–Kier alpha value is -1.98. The zero-order valence-corrected chi connectivity index (χ0v) is 19.7. The van der Waals surface area contributed by atoms with Crippen LogP contribution in [0.4, 0.5) is 0 Å². The molecule has 0 spiro atoms. The first-order chi connectivity index (χ1) is 14.3. The highest BCUT2D eigenvalue weighted by molar-refractivity contribution is 7.99. The number of rotatable bonds is 10. The number of nitrogens with zero attached hydrogens (tertiary/aromatic N) is 1. The molecule has 4 nitrogen and oxygen atoms in total. The van der Waals surface area contributed by atoms with E-state index in [0.717, 1.165) is 17.7 Å². The van der Waals surface area contributed by atoms with Gasteiger partial charge in [0.05, 0.1) is 5.75 Å². The third kappa shape index (κ3) is 7.69. The minimum absolute atomic E-state index is 0.0566. The first kappa shape index (κ1) is 24.3. The van der Waals surface area contributed by atoms with Crippen molar-refractivity contribution in [2.75, 3.05) is 5.75 Å². The van der Waals surface area contributed by atoms with Crippen molar-refractivity contribution >= 4 is 35.2 Å². The Morgan fingerprint density at radius 1 is 1.10 bits per heavy atom. The first-order valence-corrected chi connectivity index (χ1v) is 11.8. The maximum absolute atomic E-state index is 13.1. The fraction of sp³-hybridized carbons (Fsp3) is 0.417. The molecular weight excluding hydrogens is 416 g/mol. The zero-order valence-electron chi connectivity index (χ0n) is 18.2. The number of thioether (sulfide) groups is 1. The van der Waals surface area contributed by atoms with E-state index in [1.54, 1.807) is 29.7 Å². The molecule has 2 atom stereocenters. The van der Waals surface area contributed by atoms with Crippen LogP contribution in [0.5, 0.6) is 0 Å².